The summed E-state index contributed by atoms with van der Waals surface area (Å²) in [6.45, 7) is 2.01. The summed E-state index contributed by atoms with van der Waals surface area (Å²) < 4.78 is 0. The van der Waals surface area contributed by atoms with Gasteiger partial charge in [0, 0.05) is 10.9 Å². The molecule has 0 saturated heterocycles. The summed E-state index contributed by atoms with van der Waals surface area (Å²) in [5.74, 6) is -0.335. The molecule has 0 aliphatic heterocycles. The van der Waals surface area contributed by atoms with E-state index >= 15 is 0 Å². The Morgan fingerprint density at radius 1 is 1.50 bits per heavy atom. The first kappa shape index (κ1) is 11.2. The first-order valence-corrected chi connectivity index (χ1v) is 5.73. The molecule has 1 aromatic carbocycles. The van der Waals surface area contributed by atoms with Gasteiger partial charge in [-0.25, -0.2) is 0 Å². The predicted molar refractivity (Wildman–Crippen MR) is 61.8 cm³/mol. The van der Waals surface area contributed by atoms with Crippen molar-refractivity contribution in [3.63, 3.8) is 0 Å². The van der Waals surface area contributed by atoms with Crippen LogP contribution in [0.4, 0.5) is 0 Å². The van der Waals surface area contributed by atoms with Gasteiger partial charge in [0.2, 0.25) is 5.91 Å². The van der Waals surface area contributed by atoms with Crippen LogP contribution in [0.3, 0.4) is 0 Å². The van der Waals surface area contributed by atoms with Crippen molar-refractivity contribution in [2.75, 3.05) is 5.33 Å². The quantitative estimate of drug-likeness (QED) is 0.826. The summed E-state index contributed by atoms with van der Waals surface area (Å²) in [6, 6.07) is 5.67. The molecule has 0 saturated carbocycles. The molecule has 2 nitrogen and oxygen atoms in total. The van der Waals surface area contributed by atoms with Gasteiger partial charge in [-0.3, -0.25) is 4.79 Å². The number of halogens is 1. The van der Waals surface area contributed by atoms with E-state index in [4.69, 9.17) is 5.73 Å². The molecule has 0 aliphatic rings. The monoisotopic (exact) mass is 255 g/mol. The summed E-state index contributed by atoms with van der Waals surface area (Å²) in [5.41, 5.74) is 8.19. The molecule has 14 heavy (non-hydrogen) atoms. The van der Waals surface area contributed by atoms with Crippen molar-refractivity contribution < 1.29 is 4.79 Å². The number of nitrogens with two attached hydrogens (primary N) is 1. The number of hydrogen-bond donors (Lipinski definition) is 1. The molecule has 0 bridgehead atoms. The highest BCUT2D eigenvalue weighted by atomic mass is 79.9. The lowest BCUT2D eigenvalue weighted by Gasteiger charge is -2.08. The Kier molecular flexibility index (Phi) is 4.14. The zero-order chi connectivity index (χ0) is 10.6. The van der Waals surface area contributed by atoms with Gasteiger partial charge in [0.25, 0.3) is 0 Å². The van der Waals surface area contributed by atoms with Crippen LogP contribution in [0.2, 0.25) is 0 Å². The van der Waals surface area contributed by atoms with Crippen molar-refractivity contribution in [3.8, 4) is 0 Å². The molecule has 0 atom stereocenters. The molecule has 0 aliphatic carbocycles. The van der Waals surface area contributed by atoms with E-state index in [0.717, 1.165) is 29.3 Å². The zero-order valence-corrected chi connectivity index (χ0v) is 9.80. The van der Waals surface area contributed by atoms with Gasteiger partial charge in [-0.2, -0.15) is 0 Å². The number of carbonyl (C=O) groups excluding carboxylic acids is 1. The van der Waals surface area contributed by atoms with Gasteiger partial charge < -0.3 is 5.73 Å². The molecule has 0 fully saturated rings. The Labute approximate surface area is 92.6 Å². The number of benzene rings is 1. The SMILES string of the molecule is Cc1cccc(C(N)=O)c1CCCBr. The van der Waals surface area contributed by atoms with Crippen molar-refractivity contribution in [1.29, 1.82) is 0 Å². The second-order valence-corrected chi connectivity index (χ2v) is 4.05. The summed E-state index contributed by atoms with van der Waals surface area (Å²) >= 11 is 3.38. The molecule has 2 N–H and O–H groups in total. The largest absolute Gasteiger partial charge is 0.366 e. The molecule has 1 rings (SSSR count). The Bertz CT molecular complexity index is 336. The highest BCUT2D eigenvalue weighted by Gasteiger charge is 2.09. The van der Waals surface area contributed by atoms with Crippen LogP contribution in [0.1, 0.15) is 27.9 Å². The van der Waals surface area contributed by atoms with Crippen molar-refractivity contribution in [2.45, 2.75) is 19.8 Å². The molecule has 0 radical (unpaired) electrons. The molecule has 76 valence electrons. The van der Waals surface area contributed by atoms with Gasteiger partial charge in [-0.1, -0.05) is 28.1 Å². The fourth-order valence-electron chi connectivity index (χ4n) is 1.51. The van der Waals surface area contributed by atoms with Crippen molar-refractivity contribution >= 4 is 21.8 Å². The summed E-state index contributed by atoms with van der Waals surface area (Å²) in [6.07, 6.45) is 1.92. The first-order valence-electron chi connectivity index (χ1n) is 4.61. The molecule has 1 amide bonds. The van der Waals surface area contributed by atoms with Crippen LogP contribution in [-0.4, -0.2) is 11.2 Å². The number of alkyl halides is 1. The first-order chi connectivity index (χ1) is 6.66. The van der Waals surface area contributed by atoms with Gasteiger partial charge in [0.1, 0.15) is 0 Å². The minimum absolute atomic E-state index is 0.335. The lowest BCUT2D eigenvalue weighted by molar-refractivity contribution is 0.0999. The van der Waals surface area contributed by atoms with Crippen LogP contribution in [-0.2, 0) is 6.42 Å². The average molecular weight is 256 g/mol. The minimum Gasteiger partial charge on any atom is -0.366 e. The fourth-order valence-corrected chi connectivity index (χ4v) is 1.79. The summed E-state index contributed by atoms with van der Waals surface area (Å²) in [7, 11) is 0. The smallest absolute Gasteiger partial charge is 0.248 e. The van der Waals surface area contributed by atoms with Crippen LogP contribution in [0.5, 0.6) is 0 Å². The molecular formula is C11H14BrNO. The molecule has 1 aromatic rings. The van der Waals surface area contributed by atoms with E-state index in [-0.39, 0.29) is 5.91 Å². The molecule has 3 heteroatoms. The molecular weight excluding hydrogens is 242 g/mol. The van der Waals surface area contributed by atoms with Crippen LogP contribution in [0.25, 0.3) is 0 Å². The maximum Gasteiger partial charge on any atom is 0.248 e. The van der Waals surface area contributed by atoms with Crippen LogP contribution in [0, 0.1) is 6.92 Å². The van der Waals surface area contributed by atoms with Gasteiger partial charge >= 0.3 is 0 Å². The maximum absolute atomic E-state index is 11.1. The lowest BCUT2D eigenvalue weighted by atomic mass is 9.98. The molecule has 0 heterocycles. The number of rotatable bonds is 4. The topological polar surface area (TPSA) is 43.1 Å². The normalized spacial score (nSPS) is 10.1. The molecule has 0 aromatic heterocycles. The van der Waals surface area contributed by atoms with Gasteiger partial charge in [-0.05, 0) is 37.0 Å². The van der Waals surface area contributed by atoms with Gasteiger partial charge in [0.05, 0.1) is 0 Å². The van der Waals surface area contributed by atoms with Gasteiger partial charge in [0.15, 0.2) is 0 Å². The van der Waals surface area contributed by atoms with Gasteiger partial charge in [-0.15, -0.1) is 0 Å². The average Bonchev–Trinajstić information content (AvgIpc) is 2.15. The number of aryl methyl sites for hydroxylation is 1. The van der Waals surface area contributed by atoms with E-state index in [2.05, 4.69) is 15.9 Å². The van der Waals surface area contributed by atoms with Crippen molar-refractivity contribution in [2.24, 2.45) is 5.73 Å². The predicted octanol–water partition coefficient (Wildman–Crippen LogP) is 2.42. The minimum atomic E-state index is -0.335. The Morgan fingerprint density at radius 3 is 2.79 bits per heavy atom. The van der Waals surface area contributed by atoms with E-state index in [1.54, 1.807) is 6.07 Å². The number of hydrogen-bond acceptors (Lipinski definition) is 1. The third-order valence-corrected chi connectivity index (χ3v) is 2.80. The Morgan fingerprint density at radius 2 is 2.21 bits per heavy atom. The number of primary amides is 1. The number of carbonyl (C=O) groups is 1. The lowest BCUT2D eigenvalue weighted by Crippen LogP contribution is -2.14. The van der Waals surface area contributed by atoms with E-state index < -0.39 is 0 Å². The highest BCUT2D eigenvalue weighted by molar-refractivity contribution is 9.09. The zero-order valence-electron chi connectivity index (χ0n) is 8.22. The maximum atomic E-state index is 11.1. The van der Waals surface area contributed by atoms with Crippen LogP contribution in [0.15, 0.2) is 18.2 Å². The second-order valence-electron chi connectivity index (χ2n) is 3.26. The van der Waals surface area contributed by atoms with Crippen molar-refractivity contribution in [3.05, 3.63) is 34.9 Å². The van der Waals surface area contributed by atoms with Crippen LogP contribution < -0.4 is 5.73 Å². The van der Waals surface area contributed by atoms with Crippen molar-refractivity contribution in [1.82, 2.24) is 0 Å². The van der Waals surface area contributed by atoms with E-state index in [1.807, 2.05) is 19.1 Å². The van der Waals surface area contributed by atoms with E-state index in [9.17, 15) is 4.79 Å². The fraction of sp³-hybridized carbons (Fsp3) is 0.364. The third kappa shape index (κ3) is 2.58. The third-order valence-electron chi connectivity index (χ3n) is 2.24. The Balaban J connectivity index is 3.02. The molecule has 0 spiro atoms. The van der Waals surface area contributed by atoms with E-state index in [1.165, 1.54) is 0 Å². The number of amides is 1. The highest BCUT2D eigenvalue weighted by Crippen LogP contribution is 2.16. The van der Waals surface area contributed by atoms with E-state index in [0.29, 0.717) is 5.56 Å². The summed E-state index contributed by atoms with van der Waals surface area (Å²) in [5, 5.41) is 0.944. The molecule has 0 unspecified atom stereocenters. The second kappa shape index (κ2) is 5.15. The standard InChI is InChI=1S/C11H14BrNO/c1-8-4-2-5-10(11(13)14)9(8)6-3-7-12/h2,4-5H,3,6-7H2,1H3,(H2,13,14). The van der Waals surface area contributed by atoms with Crippen LogP contribution >= 0.6 is 15.9 Å². The Hall–Kier alpha value is -0.830. The summed E-state index contributed by atoms with van der Waals surface area (Å²) in [4.78, 5) is 11.1.